The number of carbonyl (C=O) groups excluding carboxylic acids is 2. The summed E-state index contributed by atoms with van der Waals surface area (Å²) in [6.45, 7) is 1.89. The predicted octanol–water partition coefficient (Wildman–Crippen LogP) is 2.01. The Balaban J connectivity index is 1.18. The zero-order valence-corrected chi connectivity index (χ0v) is 22.8. The molecule has 13 nitrogen and oxygen atoms in total. The molecule has 1 aliphatic rings. The smallest absolute Gasteiger partial charge is 0.335 e. The topological polar surface area (TPSA) is 198 Å². The summed E-state index contributed by atoms with van der Waals surface area (Å²) < 4.78 is 1.47. The van der Waals surface area contributed by atoms with Crippen molar-refractivity contribution in [2.24, 2.45) is 0 Å². The number of carbonyl (C=O) groups is 3. The summed E-state index contributed by atoms with van der Waals surface area (Å²) in [5, 5.41) is 18.1. The van der Waals surface area contributed by atoms with Gasteiger partial charge in [-0.1, -0.05) is 18.2 Å². The number of benzene rings is 2. The largest absolute Gasteiger partial charge is 0.478 e. The van der Waals surface area contributed by atoms with Crippen LogP contribution in [0.1, 0.15) is 66.1 Å². The second kappa shape index (κ2) is 10.5. The number of nitrogens with zero attached hydrogens (tertiary/aromatic N) is 3. The van der Waals surface area contributed by atoms with Crippen LogP contribution in [0, 0.1) is 6.92 Å². The summed E-state index contributed by atoms with van der Waals surface area (Å²) in [6.07, 6.45) is 4.10. The molecule has 6 N–H and O–H groups in total. The van der Waals surface area contributed by atoms with Gasteiger partial charge in [-0.25, -0.2) is 14.8 Å². The fourth-order valence-corrected chi connectivity index (χ4v) is 5.41. The SMILES string of the molecule is Cc1c(C(=O)O)ccc2c1CC[C@@H]2NC(=O)c1cc(C(=O)NCc2cccc(Nc3c(N)c(=O)c3=O)c2)n2cncc2n1. The van der Waals surface area contributed by atoms with Crippen molar-refractivity contribution in [3.8, 4) is 0 Å². The maximum absolute atomic E-state index is 13.3. The molecule has 0 unspecified atom stereocenters. The highest BCUT2D eigenvalue weighted by Gasteiger charge is 2.28. The molecule has 5 aromatic rings. The summed E-state index contributed by atoms with van der Waals surface area (Å²) in [4.78, 5) is 69.7. The van der Waals surface area contributed by atoms with Crippen molar-refractivity contribution in [2.45, 2.75) is 32.4 Å². The minimum atomic E-state index is -0.994. The Morgan fingerprint density at radius 1 is 1.09 bits per heavy atom. The normalized spacial score (nSPS) is 14.0. The van der Waals surface area contributed by atoms with E-state index in [0.717, 1.165) is 11.1 Å². The Labute approximate surface area is 243 Å². The Bertz CT molecular complexity index is 2040. The second-order valence-electron chi connectivity index (χ2n) is 10.3. The molecular weight excluding hydrogens is 554 g/mol. The lowest BCUT2D eigenvalue weighted by molar-refractivity contribution is 0.0695. The van der Waals surface area contributed by atoms with Crippen LogP contribution in [0.4, 0.5) is 17.1 Å². The number of rotatable bonds is 8. The van der Waals surface area contributed by atoms with Gasteiger partial charge in [-0.3, -0.25) is 23.6 Å². The third-order valence-electron chi connectivity index (χ3n) is 7.68. The highest BCUT2D eigenvalue weighted by Crippen LogP contribution is 2.35. The Hall–Kier alpha value is -5.85. The average molecular weight is 580 g/mol. The van der Waals surface area contributed by atoms with Crippen molar-refractivity contribution < 1.29 is 19.5 Å². The molecule has 3 aromatic carbocycles. The number of imidazole rings is 1. The second-order valence-corrected chi connectivity index (χ2v) is 10.3. The molecule has 43 heavy (non-hydrogen) atoms. The molecule has 0 fully saturated rings. The zero-order chi connectivity index (χ0) is 30.4. The number of amides is 2. The van der Waals surface area contributed by atoms with Crippen molar-refractivity contribution >= 4 is 40.5 Å². The molecule has 2 heterocycles. The fourth-order valence-electron chi connectivity index (χ4n) is 5.41. The Kier molecular flexibility index (Phi) is 6.69. The van der Waals surface area contributed by atoms with Crippen molar-refractivity contribution in [1.82, 2.24) is 25.0 Å². The summed E-state index contributed by atoms with van der Waals surface area (Å²) in [5.74, 6) is -1.95. The molecule has 1 atom stereocenters. The van der Waals surface area contributed by atoms with Crippen LogP contribution in [-0.4, -0.2) is 37.3 Å². The molecule has 0 spiro atoms. The standard InChI is InChI=1S/C30H25N7O6/c1-14-17-7-8-20(19(17)6-5-18(14)30(42)43)36-28(40)21-10-22(37-13-32-12-23(37)35-21)29(41)33-11-15-3-2-4-16(9-15)34-25-24(31)26(38)27(25)39/h2-6,9-10,12-13,20,34H,7-8,11,31H2,1H3,(H,33,41)(H,36,40)(H,42,43)/t20-/m0/s1. The van der Waals surface area contributed by atoms with Gasteiger partial charge in [0.1, 0.15) is 29.1 Å². The first-order chi connectivity index (χ1) is 20.6. The van der Waals surface area contributed by atoms with Gasteiger partial charge in [0.2, 0.25) is 0 Å². The lowest BCUT2D eigenvalue weighted by Gasteiger charge is -2.16. The minimum Gasteiger partial charge on any atom is -0.478 e. The van der Waals surface area contributed by atoms with Gasteiger partial charge in [0.05, 0.1) is 17.8 Å². The van der Waals surface area contributed by atoms with E-state index in [1.165, 1.54) is 23.0 Å². The first kappa shape index (κ1) is 27.3. The molecule has 0 saturated carbocycles. The van der Waals surface area contributed by atoms with Gasteiger partial charge in [0.25, 0.3) is 22.7 Å². The maximum Gasteiger partial charge on any atom is 0.335 e. The number of carboxylic acids is 1. The molecule has 2 aromatic heterocycles. The number of aromatic carboxylic acids is 1. The molecule has 216 valence electrons. The van der Waals surface area contributed by atoms with Crippen molar-refractivity contribution in [2.75, 3.05) is 11.1 Å². The van der Waals surface area contributed by atoms with Gasteiger partial charge in [-0.15, -0.1) is 0 Å². The molecule has 0 radical (unpaired) electrons. The van der Waals surface area contributed by atoms with Gasteiger partial charge in [0.15, 0.2) is 5.65 Å². The zero-order valence-electron chi connectivity index (χ0n) is 22.8. The van der Waals surface area contributed by atoms with Crippen molar-refractivity contribution in [3.63, 3.8) is 0 Å². The number of hydrogen-bond donors (Lipinski definition) is 5. The number of nitrogens with one attached hydrogen (secondary N) is 3. The van der Waals surface area contributed by atoms with E-state index >= 15 is 0 Å². The van der Waals surface area contributed by atoms with Crippen LogP contribution in [0.2, 0.25) is 0 Å². The van der Waals surface area contributed by atoms with Crippen molar-refractivity contribution in [1.29, 1.82) is 0 Å². The van der Waals surface area contributed by atoms with Gasteiger partial charge < -0.3 is 26.8 Å². The molecular formula is C30H25N7O6. The number of anilines is 3. The minimum absolute atomic E-state index is 0.0299. The molecule has 0 bridgehead atoms. The highest BCUT2D eigenvalue weighted by molar-refractivity contribution is 5.98. The van der Waals surface area contributed by atoms with Gasteiger partial charge in [-0.2, -0.15) is 0 Å². The Morgan fingerprint density at radius 3 is 2.67 bits per heavy atom. The van der Waals surface area contributed by atoms with E-state index in [0.29, 0.717) is 35.3 Å². The highest BCUT2D eigenvalue weighted by atomic mass is 16.4. The van der Waals surface area contributed by atoms with E-state index in [1.54, 1.807) is 43.3 Å². The van der Waals surface area contributed by atoms with E-state index in [-0.39, 0.29) is 40.9 Å². The summed E-state index contributed by atoms with van der Waals surface area (Å²) in [7, 11) is 0. The summed E-state index contributed by atoms with van der Waals surface area (Å²) >= 11 is 0. The molecule has 0 aliphatic heterocycles. The predicted molar refractivity (Wildman–Crippen MR) is 156 cm³/mol. The molecule has 0 saturated heterocycles. The summed E-state index contributed by atoms with van der Waals surface area (Å²) in [6, 6.07) is 11.2. The van der Waals surface area contributed by atoms with E-state index in [1.807, 2.05) is 0 Å². The van der Waals surface area contributed by atoms with Crippen LogP contribution in [-0.2, 0) is 13.0 Å². The fraction of sp³-hybridized carbons (Fsp3) is 0.167. The van der Waals surface area contributed by atoms with E-state index in [9.17, 15) is 29.1 Å². The van der Waals surface area contributed by atoms with Crippen LogP contribution < -0.4 is 32.5 Å². The number of carboxylic acid groups (broad SMARTS) is 1. The number of fused-ring (bicyclic) bond motifs is 2. The van der Waals surface area contributed by atoms with Gasteiger partial charge >= 0.3 is 5.97 Å². The third kappa shape index (κ3) is 4.86. The van der Waals surface area contributed by atoms with Crippen LogP contribution in [0.5, 0.6) is 0 Å². The van der Waals surface area contributed by atoms with E-state index in [2.05, 4.69) is 25.9 Å². The monoisotopic (exact) mass is 579 g/mol. The quantitative estimate of drug-likeness (QED) is 0.170. The first-order valence-corrected chi connectivity index (χ1v) is 13.3. The average Bonchev–Trinajstić information content (AvgIpc) is 3.65. The van der Waals surface area contributed by atoms with E-state index < -0.39 is 28.6 Å². The van der Waals surface area contributed by atoms with Crippen LogP contribution in [0.25, 0.3) is 5.65 Å². The van der Waals surface area contributed by atoms with Gasteiger partial charge in [0, 0.05) is 12.2 Å². The number of nitrogens with two attached hydrogens (primary N) is 1. The third-order valence-corrected chi connectivity index (χ3v) is 7.68. The van der Waals surface area contributed by atoms with Gasteiger partial charge in [-0.05, 0) is 66.3 Å². The molecule has 2 amide bonds. The maximum atomic E-state index is 13.3. The lowest BCUT2D eigenvalue weighted by Crippen LogP contribution is -2.36. The first-order valence-electron chi connectivity index (χ1n) is 13.3. The lowest BCUT2D eigenvalue weighted by atomic mass is 9.98. The molecule has 6 rings (SSSR count). The van der Waals surface area contributed by atoms with Crippen LogP contribution >= 0.6 is 0 Å². The van der Waals surface area contributed by atoms with E-state index in [4.69, 9.17) is 5.73 Å². The van der Waals surface area contributed by atoms with Crippen LogP contribution in [0.15, 0.2) is 64.6 Å². The van der Waals surface area contributed by atoms with Crippen molar-refractivity contribution in [3.05, 3.63) is 115 Å². The molecule has 13 heteroatoms. The number of nitrogen functional groups attached to an aromatic ring is 1. The number of aromatic nitrogens is 3. The van der Waals surface area contributed by atoms with Crippen LogP contribution in [0.3, 0.4) is 0 Å². The Morgan fingerprint density at radius 2 is 1.91 bits per heavy atom. The molecule has 1 aliphatic carbocycles. The summed E-state index contributed by atoms with van der Waals surface area (Å²) in [5.41, 5.74) is 8.52. The number of hydrogen-bond acceptors (Lipinski definition) is 9.